The van der Waals surface area contributed by atoms with Crippen molar-refractivity contribution < 1.29 is 18.7 Å². The lowest BCUT2D eigenvalue weighted by Gasteiger charge is -2.36. The van der Waals surface area contributed by atoms with Gasteiger partial charge in [-0.1, -0.05) is 13.3 Å². The molecule has 5 heteroatoms. The van der Waals surface area contributed by atoms with Crippen molar-refractivity contribution in [3.8, 4) is 11.5 Å². The number of carbonyl (C=O) groups excluding carboxylic acids is 1. The van der Waals surface area contributed by atoms with Gasteiger partial charge in [0.1, 0.15) is 28.8 Å². The molecule has 0 radical (unpaired) electrons. The second kappa shape index (κ2) is 5.86. The largest absolute Gasteiger partial charge is 0.489 e. The van der Waals surface area contributed by atoms with Crippen molar-refractivity contribution in [1.29, 1.82) is 0 Å². The summed E-state index contributed by atoms with van der Waals surface area (Å²) in [5, 5.41) is 0.763. The number of carbonyl (C=O) groups is 1. The van der Waals surface area contributed by atoms with Gasteiger partial charge in [-0.05, 0) is 45.6 Å². The van der Waals surface area contributed by atoms with Gasteiger partial charge in [0.25, 0.3) is 0 Å². The summed E-state index contributed by atoms with van der Waals surface area (Å²) in [5.41, 5.74) is 1.78. The zero-order chi connectivity index (χ0) is 18.6. The van der Waals surface area contributed by atoms with E-state index in [0.29, 0.717) is 22.6 Å². The number of aryl methyl sites for hydroxylation is 1. The van der Waals surface area contributed by atoms with Gasteiger partial charge in [0.05, 0.1) is 5.39 Å². The van der Waals surface area contributed by atoms with Gasteiger partial charge in [-0.2, -0.15) is 0 Å². The summed E-state index contributed by atoms with van der Waals surface area (Å²) in [5.74, 6) is 1.22. The van der Waals surface area contributed by atoms with E-state index in [1.54, 1.807) is 0 Å². The molecule has 138 valence electrons. The lowest BCUT2D eigenvalue weighted by Crippen LogP contribution is -2.34. The SMILES string of the molecule is CCCc1cc(=O)oc2c3c(c4c(c12)OC(C)(C)CC4)OC(C)CC3=O. The fourth-order valence-electron chi connectivity index (χ4n) is 4.02. The normalized spacial score (nSPS) is 20.9. The van der Waals surface area contributed by atoms with Crippen LogP contribution in [0, 0.1) is 0 Å². The van der Waals surface area contributed by atoms with Crippen molar-refractivity contribution in [3.05, 3.63) is 33.2 Å². The van der Waals surface area contributed by atoms with E-state index in [-0.39, 0.29) is 23.9 Å². The molecule has 0 fully saturated rings. The average Bonchev–Trinajstić information content (AvgIpc) is 2.52. The highest BCUT2D eigenvalue weighted by atomic mass is 16.5. The predicted molar refractivity (Wildman–Crippen MR) is 98.5 cm³/mol. The topological polar surface area (TPSA) is 65.7 Å². The van der Waals surface area contributed by atoms with Gasteiger partial charge in [0, 0.05) is 18.1 Å². The van der Waals surface area contributed by atoms with Crippen LogP contribution in [0.25, 0.3) is 11.0 Å². The van der Waals surface area contributed by atoms with Crippen LogP contribution in [-0.4, -0.2) is 17.5 Å². The minimum Gasteiger partial charge on any atom is -0.489 e. The first-order chi connectivity index (χ1) is 12.3. The van der Waals surface area contributed by atoms with Crippen molar-refractivity contribution in [2.75, 3.05) is 0 Å². The van der Waals surface area contributed by atoms with Crippen LogP contribution < -0.4 is 15.1 Å². The molecule has 1 unspecified atom stereocenters. The monoisotopic (exact) mass is 356 g/mol. The number of benzene rings is 1. The summed E-state index contributed by atoms with van der Waals surface area (Å²) in [6.07, 6.45) is 3.30. The van der Waals surface area contributed by atoms with Crippen LogP contribution in [0.4, 0.5) is 0 Å². The Kier molecular flexibility index (Phi) is 3.86. The molecule has 0 spiro atoms. The summed E-state index contributed by atoms with van der Waals surface area (Å²) in [7, 11) is 0. The van der Waals surface area contributed by atoms with Gasteiger partial charge in [-0.15, -0.1) is 0 Å². The number of hydrogen-bond donors (Lipinski definition) is 0. The molecule has 2 aromatic rings. The molecule has 3 heterocycles. The van der Waals surface area contributed by atoms with Gasteiger partial charge in [0.15, 0.2) is 11.4 Å². The number of Topliss-reactive ketones (excluding diaryl/α,β-unsaturated/α-hetero) is 1. The Hall–Kier alpha value is -2.30. The quantitative estimate of drug-likeness (QED) is 0.755. The van der Waals surface area contributed by atoms with E-state index in [2.05, 4.69) is 20.8 Å². The van der Waals surface area contributed by atoms with Crippen molar-refractivity contribution >= 4 is 16.8 Å². The molecule has 0 aliphatic carbocycles. The second-order valence-corrected chi connectivity index (χ2v) is 7.97. The Bertz CT molecular complexity index is 967. The minimum atomic E-state index is -0.440. The molecule has 0 N–H and O–H groups in total. The third-order valence-corrected chi connectivity index (χ3v) is 5.22. The highest BCUT2D eigenvalue weighted by Crippen LogP contribution is 2.49. The Morgan fingerprint density at radius 3 is 2.73 bits per heavy atom. The summed E-state index contributed by atoms with van der Waals surface area (Å²) in [6, 6.07) is 1.53. The number of fused-ring (bicyclic) bond motifs is 6. The number of hydrogen-bond acceptors (Lipinski definition) is 5. The van der Waals surface area contributed by atoms with E-state index in [9.17, 15) is 9.59 Å². The van der Waals surface area contributed by atoms with Crippen molar-refractivity contribution in [2.24, 2.45) is 0 Å². The van der Waals surface area contributed by atoms with Gasteiger partial charge in [-0.3, -0.25) is 4.79 Å². The molecular weight excluding hydrogens is 332 g/mol. The molecular formula is C21H24O5. The molecule has 0 saturated carbocycles. The Morgan fingerprint density at radius 1 is 1.23 bits per heavy atom. The highest BCUT2D eigenvalue weighted by molar-refractivity contribution is 6.12. The molecule has 0 bridgehead atoms. The van der Waals surface area contributed by atoms with Crippen LogP contribution in [0.15, 0.2) is 15.3 Å². The molecule has 1 aromatic carbocycles. The molecule has 5 nitrogen and oxygen atoms in total. The van der Waals surface area contributed by atoms with Crippen molar-refractivity contribution in [1.82, 2.24) is 0 Å². The zero-order valence-corrected chi connectivity index (χ0v) is 15.7. The van der Waals surface area contributed by atoms with Gasteiger partial charge < -0.3 is 13.9 Å². The number of ketones is 1. The van der Waals surface area contributed by atoms with Crippen LogP contribution >= 0.6 is 0 Å². The molecule has 1 atom stereocenters. The first-order valence-corrected chi connectivity index (χ1v) is 9.35. The van der Waals surface area contributed by atoms with E-state index in [1.165, 1.54) is 6.07 Å². The number of rotatable bonds is 2. The maximum atomic E-state index is 12.8. The third kappa shape index (κ3) is 2.61. The summed E-state index contributed by atoms with van der Waals surface area (Å²) in [6.45, 7) is 8.05. The summed E-state index contributed by atoms with van der Waals surface area (Å²) in [4.78, 5) is 25.0. The van der Waals surface area contributed by atoms with Crippen LogP contribution in [0.5, 0.6) is 11.5 Å². The fourth-order valence-corrected chi connectivity index (χ4v) is 4.02. The Morgan fingerprint density at radius 2 is 2.00 bits per heavy atom. The molecule has 2 aliphatic rings. The second-order valence-electron chi connectivity index (χ2n) is 7.97. The maximum absolute atomic E-state index is 12.8. The predicted octanol–water partition coefficient (Wildman–Crippen LogP) is 4.20. The third-order valence-electron chi connectivity index (χ3n) is 5.22. The molecule has 26 heavy (non-hydrogen) atoms. The Labute approximate surface area is 152 Å². The number of ether oxygens (including phenoxy) is 2. The highest BCUT2D eigenvalue weighted by Gasteiger charge is 2.38. The van der Waals surface area contributed by atoms with E-state index >= 15 is 0 Å². The summed E-state index contributed by atoms with van der Waals surface area (Å²) < 4.78 is 17.9. The van der Waals surface area contributed by atoms with Crippen molar-refractivity contribution in [2.45, 2.75) is 71.5 Å². The fraction of sp³-hybridized carbons (Fsp3) is 0.524. The minimum absolute atomic E-state index is 0.0341. The van der Waals surface area contributed by atoms with Gasteiger partial charge in [-0.25, -0.2) is 4.79 Å². The first kappa shape index (κ1) is 17.1. The maximum Gasteiger partial charge on any atom is 0.336 e. The van der Waals surface area contributed by atoms with Crippen LogP contribution in [-0.2, 0) is 12.8 Å². The van der Waals surface area contributed by atoms with E-state index in [0.717, 1.165) is 42.2 Å². The molecule has 2 aliphatic heterocycles. The lowest BCUT2D eigenvalue weighted by atomic mass is 9.86. The Balaban J connectivity index is 2.15. The first-order valence-electron chi connectivity index (χ1n) is 9.35. The molecule has 4 rings (SSSR count). The molecule has 0 saturated heterocycles. The van der Waals surface area contributed by atoms with E-state index in [4.69, 9.17) is 13.9 Å². The van der Waals surface area contributed by atoms with Crippen molar-refractivity contribution in [3.63, 3.8) is 0 Å². The van der Waals surface area contributed by atoms with Crippen LogP contribution in [0.2, 0.25) is 0 Å². The van der Waals surface area contributed by atoms with E-state index < -0.39 is 5.63 Å². The van der Waals surface area contributed by atoms with Crippen LogP contribution in [0.3, 0.4) is 0 Å². The standard InChI is InChI=1S/C21H24O5/c1-5-6-12-10-15(23)25-20-16(12)19-13(7-8-21(3,4)26-19)18-17(20)14(22)9-11(2)24-18/h10-11H,5-9H2,1-4H3. The molecule has 0 amide bonds. The zero-order valence-electron chi connectivity index (χ0n) is 15.7. The summed E-state index contributed by atoms with van der Waals surface area (Å²) >= 11 is 0. The van der Waals surface area contributed by atoms with Gasteiger partial charge in [0.2, 0.25) is 0 Å². The molecule has 1 aromatic heterocycles. The smallest absolute Gasteiger partial charge is 0.336 e. The van der Waals surface area contributed by atoms with E-state index in [1.807, 2.05) is 6.92 Å². The van der Waals surface area contributed by atoms with Crippen LogP contribution in [0.1, 0.15) is 68.4 Å². The lowest BCUT2D eigenvalue weighted by molar-refractivity contribution is 0.0797. The van der Waals surface area contributed by atoms with Gasteiger partial charge >= 0.3 is 5.63 Å². The average molecular weight is 356 g/mol.